The summed E-state index contributed by atoms with van der Waals surface area (Å²) in [6.45, 7) is 1.96. The van der Waals surface area contributed by atoms with E-state index in [4.69, 9.17) is 0 Å². The lowest BCUT2D eigenvalue weighted by atomic mass is 10.5. The van der Waals surface area contributed by atoms with Gasteiger partial charge in [-0.05, 0) is 13.0 Å². The third-order valence-corrected chi connectivity index (χ3v) is 0.844. The van der Waals surface area contributed by atoms with Gasteiger partial charge in [0.15, 0.2) is 0 Å². The van der Waals surface area contributed by atoms with Crippen LogP contribution < -0.4 is 0 Å². The molecule has 1 aromatic rings. The highest BCUT2D eigenvalue weighted by atomic mass is 14.9. The van der Waals surface area contributed by atoms with Gasteiger partial charge in [0.05, 0.1) is 0 Å². The number of H-pyrrole nitrogens is 1. The molecule has 0 saturated heterocycles. The minimum atomic E-state index is 0.910. The Morgan fingerprint density at radius 2 is 2.62 bits per heavy atom. The summed E-state index contributed by atoms with van der Waals surface area (Å²) in [7, 11) is 0. The van der Waals surface area contributed by atoms with Crippen LogP contribution in [0.1, 0.15) is 12.7 Å². The molecule has 0 amide bonds. The van der Waals surface area contributed by atoms with Gasteiger partial charge >= 0.3 is 0 Å². The second kappa shape index (κ2) is 2.31. The van der Waals surface area contributed by atoms with Crippen molar-refractivity contribution in [2.75, 3.05) is 0 Å². The van der Waals surface area contributed by atoms with E-state index >= 15 is 0 Å². The van der Waals surface area contributed by atoms with Crippen LogP contribution in [0.5, 0.6) is 0 Å². The van der Waals surface area contributed by atoms with Gasteiger partial charge in [-0.2, -0.15) is 0 Å². The number of nitrogens with one attached hydrogen (secondary N) is 1. The van der Waals surface area contributed by atoms with Gasteiger partial charge in [-0.1, -0.05) is 6.08 Å². The summed E-state index contributed by atoms with van der Waals surface area (Å²) in [6, 6.07) is 0. The van der Waals surface area contributed by atoms with E-state index < -0.39 is 0 Å². The maximum absolute atomic E-state index is 3.96. The van der Waals surface area contributed by atoms with E-state index in [9.17, 15) is 0 Å². The first kappa shape index (κ1) is 5.09. The highest BCUT2D eigenvalue weighted by molar-refractivity contribution is 5.38. The van der Waals surface area contributed by atoms with Gasteiger partial charge in [0.2, 0.25) is 0 Å². The molecule has 2 nitrogen and oxygen atoms in total. The second-order valence-corrected chi connectivity index (χ2v) is 1.47. The third kappa shape index (κ3) is 0.964. The molecule has 2 heteroatoms. The number of hydrogen-bond donors (Lipinski definition) is 1. The molecule has 0 saturated carbocycles. The second-order valence-electron chi connectivity index (χ2n) is 1.47. The number of imidazole rings is 1. The molecule has 0 spiro atoms. The molecule has 0 aliphatic heterocycles. The van der Waals surface area contributed by atoms with Crippen molar-refractivity contribution in [1.82, 2.24) is 9.97 Å². The highest BCUT2D eigenvalue weighted by Crippen LogP contribution is 1.89. The standard InChI is InChI=1S/C6H8N2/c1-2-3-6-7-4-5-8-6/h2-5H,1H3,(H,7,8). The molecule has 0 atom stereocenters. The Kier molecular flexibility index (Phi) is 1.47. The van der Waals surface area contributed by atoms with Gasteiger partial charge in [0.25, 0.3) is 0 Å². The lowest BCUT2D eigenvalue weighted by Gasteiger charge is -1.76. The van der Waals surface area contributed by atoms with Crippen molar-refractivity contribution in [2.45, 2.75) is 6.92 Å². The number of allylic oxidation sites excluding steroid dienone is 1. The summed E-state index contributed by atoms with van der Waals surface area (Å²) in [5, 5.41) is 0. The van der Waals surface area contributed by atoms with Crippen LogP contribution in [0.25, 0.3) is 6.08 Å². The normalized spacial score (nSPS) is 10.6. The Balaban J connectivity index is 2.77. The van der Waals surface area contributed by atoms with Crippen molar-refractivity contribution < 1.29 is 0 Å². The molecule has 8 heavy (non-hydrogen) atoms. The summed E-state index contributed by atoms with van der Waals surface area (Å²) in [6.07, 6.45) is 7.39. The van der Waals surface area contributed by atoms with Crippen LogP contribution in [0.3, 0.4) is 0 Å². The van der Waals surface area contributed by atoms with E-state index in [0.29, 0.717) is 0 Å². The molecule has 0 radical (unpaired) electrons. The number of rotatable bonds is 1. The van der Waals surface area contributed by atoms with Gasteiger partial charge in [0, 0.05) is 12.4 Å². The predicted octanol–water partition coefficient (Wildman–Crippen LogP) is 1.44. The zero-order valence-corrected chi connectivity index (χ0v) is 4.76. The SMILES string of the molecule is CC=Cc1ncc[nH]1. The zero-order valence-electron chi connectivity index (χ0n) is 4.76. The Hall–Kier alpha value is -1.05. The summed E-state index contributed by atoms with van der Waals surface area (Å²) in [5.41, 5.74) is 0. The predicted molar refractivity (Wildman–Crippen MR) is 33.3 cm³/mol. The fraction of sp³-hybridized carbons (Fsp3) is 0.167. The minimum absolute atomic E-state index is 0.910. The fourth-order valence-electron chi connectivity index (χ4n) is 0.526. The third-order valence-electron chi connectivity index (χ3n) is 0.844. The van der Waals surface area contributed by atoms with E-state index in [1.54, 1.807) is 12.4 Å². The molecule has 0 unspecified atom stereocenters. The Labute approximate surface area is 48.3 Å². The van der Waals surface area contributed by atoms with Crippen LogP contribution in [0.4, 0.5) is 0 Å². The van der Waals surface area contributed by atoms with Crippen LogP contribution in [-0.2, 0) is 0 Å². The van der Waals surface area contributed by atoms with Gasteiger partial charge < -0.3 is 4.98 Å². The molecule has 42 valence electrons. The molecule has 0 aliphatic carbocycles. The van der Waals surface area contributed by atoms with Crippen molar-refractivity contribution >= 4 is 6.08 Å². The highest BCUT2D eigenvalue weighted by Gasteiger charge is 1.80. The van der Waals surface area contributed by atoms with Crippen molar-refractivity contribution in [2.24, 2.45) is 0 Å². The van der Waals surface area contributed by atoms with E-state index in [2.05, 4.69) is 9.97 Å². The van der Waals surface area contributed by atoms with Crippen molar-refractivity contribution in [1.29, 1.82) is 0 Å². The summed E-state index contributed by atoms with van der Waals surface area (Å²) in [5.74, 6) is 0.910. The quantitative estimate of drug-likeness (QED) is 0.579. The maximum Gasteiger partial charge on any atom is 0.129 e. The molecule has 1 rings (SSSR count). The van der Waals surface area contributed by atoms with E-state index in [1.165, 1.54) is 0 Å². The van der Waals surface area contributed by atoms with Crippen LogP contribution >= 0.6 is 0 Å². The number of aromatic amines is 1. The molecule has 0 aliphatic rings. The van der Waals surface area contributed by atoms with Crippen molar-refractivity contribution in [3.63, 3.8) is 0 Å². The first-order valence-electron chi connectivity index (χ1n) is 2.55. The average Bonchev–Trinajstić information content (AvgIpc) is 2.19. The molecular weight excluding hydrogens is 100 g/mol. The van der Waals surface area contributed by atoms with E-state index in [1.807, 2.05) is 19.1 Å². The van der Waals surface area contributed by atoms with Crippen molar-refractivity contribution in [3.8, 4) is 0 Å². The zero-order chi connectivity index (χ0) is 5.82. The van der Waals surface area contributed by atoms with Gasteiger partial charge in [-0.25, -0.2) is 4.98 Å². The Bertz CT molecular complexity index is 163. The van der Waals surface area contributed by atoms with Gasteiger partial charge in [0.1, 0.15) is 5.82 Å². The molecule has 0 aromatic carbocycles. The molecule has 0 fully saturated rings. The Morgan fingerprint density at radius 3 is 3.12 bits per heavy atom. The topological polar surface area (TPSA) is 28.7 Å². The fourth-order valence-corrected chi connectivity index (χ4v) is 0.526. The lowest BCUT2D eigenvalue weighted by molar-refractivity contribution is 1.26. The first-order chi connectivity index (χ1) is 3.93. The van der Waals surface area contributed by atoms with Crippen LogP contribution in [0.2, 0.25) is 0 Å². The monoisotopic (exact) mass is 108 g/mol. The van der Waals surface area contributed by atoms with Crippen LogP contribution in [-0.4, -0.2) is 9.97 Å². The number of hydrogen-bond acceptors (Lipinski definition) is 1. The summed E-state index contributed by atoms with van der Waals surface area (Å²) < 4.78 is 0. The molecule has 1 aromatic heterocycles. The lowest BCUT2D eigenvalue weighted by Crippen LogP contribution is -1.69. The number of nitrogens with zero attached hydrogens (tertiary/aromatic N) is 1. The summed E-state index contributed by atoms with van der Waals surface area (Å²) >= 11 is 0. The minimum Gasteiger partial charge on any atom is -0.345 e. The molecule has 1 N–H and O–H groups in total. The van der Waals surface area contributed by atoms with Crippen LogP contribution in [0, 0.1) is 0 Å². The number of aromatic nitrogens is 2. The maximum atomic E-state index is 3.96. The molecule has 0 bridgehead atoms. The van der Waals surface area contributed by atoms with Crippen molar-refractivity contribution in [3.05, 3.63) is 24.3 Å². The average molecular weight is 108 g/mol. The largest absolute Gasteiger partial charge is 0.345 e. The van der Waals surface area contributed by atoms with E-state index in [0.717, 1.165) is 5.82 Å². The molecule has 1 heterocycles. The Morgan fingerprint density at radius 1 is 1.75 bits per heavy atom. The van der Waals surface area contributed by atoms with Gasteiger partial charge in [-0.15, -0.1) is 0 Å². The first-order valence-corrected chi connectivity index (χ1v) is 2.55. The molecular formula is C6H8N2. The van der Waals surface area contributed by atoms with Crippen LogP contribution in [0.15, 0.2) is 18.5 Å². The smallest absolute Gasteiger partial charge is 0.129 e. The van der Waals surface area contributed by atoms with E-state index in [-0.39, 0.29) is 0 Å². The summed E-state index contributed by atoms with van der Waals surface area (Å²) in [4.78, 5) is 6.90. The van der Waals surface area contributed by atoms with Gasteiger partial charge in [-0.3, -0.25) is 0 Å².